The summed E-state index contributed by atoms with van der Waals surface area (Å²) < 4.78 is 7.38. The van der Waals surface area contributed by atoms with Gasteiger partial charge in [0, 0.05) is 24.6 Å². The molecule has 1 atom stereocenters. The molecule has 84 valence electrons. The van der Waals surface area contributed by atoms with Gasteiger partial charge in [0.05, 0.1) is 6.10 Å². The second kappa shape index (κ2) is 4.81. The maximum atomic E-state index is 9.93. The summed E-state index contributed by atoms with van der Waals surface area (Å²) in [5.41, 5.74) is 2.40. The number of fused-ring (bicyclic) bond motifs is 1. The minimum absolute atomic E-state index is 0.273. The van der Waals surface area contributed by atoms with E-state index >= 15 is 0 Å². The highest BCUT2D eigenvalue weighted by atomic mass is 16.5. The third-order valence-electron chi connectivity index (χ3n) is 2.97. The second-order valence-electron chi connectivity index (χ2n) is 4.14. The molecule has 3 heteroatoms. The second-order valence-corrected chi connectivity index (χ2v) is 4.14. The summed E-state index contributed by atoms with van der Waals surface area (Å²) in [6.45, 7) is 3.31. The van der Waals surface area contributed by atoms with E-state index in [2.05, 4.69) is 6.20 Å². The van der Waals surface area contributed by atoms with Crippen LogP contribution in [0.5, 0.6) is 0 Å². The quantitative estimate of drug-likeness (QED) is 0.775. The maximum absolute atomic E-state index is 9.93. The Bertz CT molecular complexity index is 319. The Labute approximate surface area is 90.7 Å². The van der Waals surface area contributed by atoms with Gasteiger partial charge in [0.2, 0.25) is 0 Å². The fourth-order valence-corrected chi connectivity index (χ4v) is 2.16. The van der Waals surface area contributed by atoms with Crippen LogP contribution in [-0.2, 0) is 17.9 Å². The van der Waals surface area contributed by atoms with Gasteiger partial charge < -0.3 is 14.4 Å². The lowest BCUT2D eigenvalue weighted by atomic mass is 10.1. The van der Waals surface area contributed by atoms with Crippen LogP contribution in [0.2, 0.25) is 0 Å². The summed E-state index contributed by atoms with van der Waals surface area (Å²) in [6, 6.07) is 0. The molecule has 0 aliphatic heterocycles. The molecule has 0 radical (unpaired) electrons. The highest BCUT2D eigenvalue weighted by Crippen LogP contribution is 2.29. The van der Waals surface area contributed by atoms with Crippen molar-refractivity contribution in [3.05, 3.63) is 23.5 Å². The van der Waals surface area contributed by atoms with Crippen molar-refractivity contribution in [2.45, 2.75) is 45.4 Å². The predicted molar refractivity (Wildman–Crippen MR) is 58.6 cm³/mol. The first-order valence-corrected chi connectivity index (χ1v) is 5.75. The van der Waals surface area contributed by atoms with Crippen molar-refractivity contribution in [2.24, 2.45) is 0 Å². The first-order valence-electron chi connectivity index (χ1n) is 5.75. The molecule has 3 nitrogen and oxygen atoms in total. The molecule has 0 aromatic carbocycles. The monoisotopic (exact) mass is 209 g/mol. The molecular weight excluding hydrogens is 190 g/mol. The van der Waals surface area contributed by atoms with Gasteiger partial charge in [-0.3, -0.25) is 0 Å². The lowest BCUT2D eigenvalue weighted by molar-refractivity contribution is 0.0875. The summed E-state index contributed by atoms with van der Waals surface area (Å²) in [4.78, 5) is 0. The molecule has 2 rings (SSSR count). The minimum atomic E-state index is -0.273. The number of aliphatic hydroxyl groups is 1. The van der Waals surface area contributed by atoms with Crippen molar-refractivity contribution in [3.63, 3.8) is 0 Å². The highest BCUT2D eigenvalue weighted by Gasteiger charge is 2.18. The smallest absolute Gasteiger partial charge is 0.122 e. The molecule has 0 spiro atoms. The highest BCUT2D eigenvalue weighted by molar-refractivity contribution is 5.27. The van der Waals surface area contributed by atoms with Crippen LogP contribution in [0.25, 0.3) is 0 Å². The zero-order valence-corrected chi connectivity index (χ0v) is 9.28. The van der Waals surface area contributed by atoms with Crippen LogP contribution in [0.15, 0.2) is 12.4 Å². The van der Waals surface area contributed by atoms with Gasteiger partial charge in [-0.25, -0.2) is 0 Å². The van der Waals surface area contributed by atoms with E-state index in [0.717, 1.165) is 31.4 Å². The van der Waals surface area contributed by atoms with Crippen LogP contribution in [0, 0.1) is 0 Å². The van der Waals surface area contributed by atoms with Crippen LogP contribution < -0.4 is 0 Å². The van der Waals surface area contributed by atoms with Crippen molar-refractivity contribution < 1.29 is 9.84 Å². The van der Waals surface area contributed by atoms with Crippen LogP contribution >= 0.6 is 0 Å². The molecule has 1 unspecified atom stereocenters. The minimum Gasteiger partial charge on any atom is -0.388 e. The normalized spacial score (nSPS) is 21.1. The Balaban J connectivity index is 2.14. The SMILES string of the molecule is CCOCn1cc2c(c1)C(O)CCCC2. The Morgan fingerprint density at radius 2 is 2.33 bits per heavy atom. The van der Waals surface area contributed by atoms with Gasteiger partial charge in [-0.05, 0) is 31.7 Å². The number of aromatic nitrogens is 1. The van der Waals surface area contributed by atoms with Crippen molar-refractivity contribution in [3.8, 4) is 0 Å². The largest absolute Gasteiger partial charge is 0.388 e. The van der Waals surface area contributed by atoms with Gasteiger partial charge in [-0.2, -0.15) is 0 Å². The third-order valence-corrected chi connectivity index (χ3v) is 2.97. The van der Waals surface area contributed by atoms with Gasteiger partial charge in [0.25, 0.3) is 0 Å². The van der Waals surface area contributed by atoms with Gasteiger partial charge in [0.15, 0.2) is 0 Å². The molecule has 0 amide bonds. The van der Waals surface area contributed by atoms with Crippen molar-refractivity contribution in [2.75, 3.05) is 6.61 Å². The summed E-state index contributed by atoms with van der Waals surface area (Å²) >= 11 is 0. The van der Waals surface area contributed by atoms with Crippen molar-refractivity contribution >= 4 is 0 Å². The number of aryl methyl sites for hydroxylation is 1. The lowest BCUT2D eigenvalue weighted by Gasteiger charge is -2.06. The average molecular weight is 209 g/mol. The van der Waals surface area contributed by atoms with E-state index < -0.39 is 0 Å². The van der Waals surface area contributed by atoms with Crippen LogP contribution in [0.3, 0.4) is 0 Å². The van der Waals surface area contributed by atoms with Crippen molar-refractivity contribution in [1.29, 1.82) is 0 Å². The Hall–Kier alpha value is -0.800. The number of aliphatic hydroxyl groups excluding tert-OH is 1. The average Bonchev–Trinajstić information content (AvgIpc) is 2.57. The molecule has 0 saturated carbocycles. The molecule has 0 saturated heterocycles. The van der Waals surface area contributed by atoms with E-state index in [1.807, 2.05) is 17.7 Å². The number of hydrogen-bond acceptors (Lipinski definition) is 2. The van der Waals surface area contributed by atoms with Gasteiger partial charge in [-0.1, -0.05) is 6.42 Å². The number of rotatable bonds is 3. The topological polar surface area (TPSA) is 34.4 Å². The summed E-state index contributed by atoms with van der Waals surface area (Å²) in [5.74, 6) is 0. The summed E-state index contributed by atoms with van der Waals surface area (Å²) in [7, 11) is 0. The van der Waals surface area contributed by atoms with E-state index in [1.165, 1.54) is 12.0 Å². The van der Waals surface area contributed by atoms with E-state index in [4.69, 9.17) is 4.74 Å². The molecule has 1 heterocycles. The van der Waals surface area contributed by atoms with E-state index in [0.29, 0.717) is 6.73 Å². The Kier molecular flexibility index (Phi) is 3.44. The fourth-order valence-electron chi connectivity index (χ4n) is 2.16. The number of ether oxygens (including phenoxy) is 1. The molecule has 1 aliphatic rings. The fraction of sp³-hybridized carbons (Fsp3) is 0.667. The molecule has 1 N–H and O–H groups in total. The third kappa shape index (κ3) is 2.41. The van der Waals surface area contributed by atoms with E-state index in [9.17, 15) is 5.11 Å². The van der Waals surface area contributed by atoms with Crippen LogP contribution in [0.4, 0.5) is 0 Å². The standard InChI is InChI=1S/C12H19NO2/c1-2-15-9-13-7-10-5-3-4-6-12(14)11(10)8-13/h7-8,12,14H,2-6,9H2,1H3. The molecule has 1 aromatic heterocycles. The summed E-state index contributed by atoms with van der Waals surface area (Å²) in [5, 5.41) is 9.93. The molecular formula is C12H19NO2. The Morgan fingerprint density at radius 1 is 1.47 bits per heavy atom. The van der Waals surface area contributed by atoms with Crippen molar-refractivity contribution in [1.82, 2.24) is 4.57 Å². The molecule has 0 bridgehead atoms. The van der Waals surface area contributed by atoms with Gasteiger partial charge in [-0.15, -0.1) is 0 Å². The molecule has 0 fully saturated rings. The maximum Gasteiger partial charge on any atom is 0.122 e. The van der Waals surface area contributed by atoms with E-state index in [1.54, 1.807) is 0 Å². The van der Waals surface area contributed by atoms with Gasteiger partial charge in [0.1, 0.15) is 6.73 Å². The summed E-state index contributed by atoms with van der Waals surface area (Å²) in [6.07, 6.45) is 8.16. The molecule has 1 aromatic rings. The van der Waals surface area contributed by atoms with Crippen LogP contribution in [-0.4, -0.2) is 16.3 Å². The Morgan fingerprint density at radius 3 is 3.13 bits per heavy atom. The van der Waals surface area contributed by atoms with E-state index in [-0.39, 0.29) is 6.10 Å². The zero-order valence-electron chi connectivity index (χ0n) is 9.28. The first kappa shape index (κ1) is 10.7. The molecule has 1 aliphatic carbocycles. The molecule has 15 heavy (non-hydrogen) atoms. The lowest BCUT2D eigenvalue weighted by Crippen LogP contribution is -2.00. The van der Waals surface area contributed by atoms with Gasteiger partial charge >= 0.3 is 0 Å². The first-order chi connectivity index (χ1) is 7.31. The number of hydrogen-bond donors (Lipinski definition) is 1. The number of nitrogens with zero attached hydrogens (tertiary/aromatic N) is 1. The van der Waals surface area contributed by atoms with Crippen LogP contribution in [0.1, 0.15) is 43.4 Å². The zero-order chi connectivity index (χ0) is 10.7. The predicted octanol–water partition coefficient (Wildman–Crippen LogP) is 2.24.